The van der Waals surface area contributed by atoms with E-state index in [9.17, 15) is 9.59 Å². The van der Waals surface area contributed by atoms with Crippen molar-refractivity contribution in [3.63, 3.8) is 0 Å². The van der Waals surface area contributed by atoms with E-state index in [0.717, 1.165) is 37.9 Å². The number of methoxy groups -OCH3 is 1. The topological polar surface area (TPSA) is 66.8 Å². The van der Waals surface area contributed by atoms with Crippen LogP contribution in [0.5, 0.6) is 5.75 Å². The Morgan fingerprint density at radius 1 is 1.22 bits per heavy atom. The molecule has 0 aliphatic carbocycles. The molecule has 1 heterocycles. The first-order valence-electron chi connectivity index (χ1n) is 8.27. The Balaban J connectivity index is 1.64. The van der Waals surface area contributed by atoms with Gasteiger partial charge in [-0.15, -0.1) is 0 Å². The second-order valence-electron chi connectivity index (χ2n) is 5.99. The fourth-order valence-corrected chi connectivity index (χ4v) is 3.04. The monoisotopic (exact) mass is 319 g/mol. The fraction of sp³-hybridized carbons (Fsp3) is 0.556. The summed E-state index contributed by atoms with van der Waals surface area (Å²) in [7, 11) is 1.65. The second kappa shape index (κ2) is 8.56. The zero-order valence-corrected chi connectivity index (χ0v) is 13.7. The lowest BCUT2D eigenvalue weighted by Gasteiger charge is -2.21. The second-order valence-corrected chi connectivity index (χ2v) is 5.99. The molecule has 0 aromatic heterocycles. The van der Waals surface area contributed by atoms with E-state index < -0.39 is 12.0 Å². The molecule has 23 heavy (non-hydrogen) atoms. The lowest BCUT2D eigenvalue weighted by atomic mass is 10.1. The van der Waals surface area contributed by atoms with E-state index in [0.29, 0.717) is 19.4 Å². The largest absolute Gasteiger partial charge is 0.497 e. The molecule has 0 bridgehead atoms. The molecule has 5 nitrogen and oxygen atoms in total. The van der Waals surface area contributed by atoms with Gasteiger partial charge in [-0.1, -0.05) is 18.6 Å². The number of aryl methyl sites for hydroxylation is 1. The molecule has 1 atom stereocenters. The molecule has 1 saturated heterocycles. The number of benzene rings is 1. The third-order valence-electron chi connectivity index (χ3n) is 4.37. The molecule has 0 radical (unpaired) electrons. The van der Waals surface area contributed by atoms with Crippen molar-refractivity contribution < 1.29 is 19.4 Å². The van der Waals surface area contributed by atoms with Crippen LogP contribution in [0, 0.1) is 0 Å². The molecule has 1 aliphatic rings. The number of carboxylic acid groups (broad SMARTS) is 1. The summed E-state index contributed by atoms with van der Waals surface area (Å²) in [6, 6.07) is 7.43. The summed E-state index contributed by atoms with van der Waals surface area (Å²) in [5.74, 6) is -0.0346. The highest BCUT2D eigenvalue weighted by molar-refractivity contribution is 5.84. The van der Waals surface area contributed by atoms with Crippen LogP contribution in [0.15, 0.2) is 24.3 Å². The molecule has 1 fully saturated rings. The van der Waals surface area contributed by atoms with Gasteiger partial charge in [0, 0.05) is 13.0 Å². The van der Waals surface area contributed by atoms with Gasteiger partial charge in [0.25, 0.3) is 0 Å². The number of unbranched alkanes of at least 4 members (excludes halogenated alkanes) is 2. The Morgan fingerprint density at radius 3 is 2.61 bits per heavy atom. The van der Waals surface area contributed by atoms with Crippen molar-refractivity contribution in [2.24, 2.45) is 0 Å². The van der Waals surface area contributed by atoms with Crippen LogP contribution >= 0.6 is 0 Å². The molecule has 126 valence electrons. The van der Waals surface area contributed by atoms with Gasteiger partial charge in [0.1, 0.15) is 11.8 Å². The number of ether oxygens (including phenoxy) is 1. The highest BCUT2D eigenvalue weighted by Gasteiger charge is 2.33. The number of nitrogens with zero attached hydrogens (tertiary/aromatic N) is 1. The Morgan fingerprint density at radius 2 is 1.96 bits per heavy atom. The van der Waals surface area contributed by atoms with Crippen LogP contribution in [-0.2, 0) is 16.0 Å². The van der Waals surface area contributed by atoms with Crippen molar-refractivity contribution in [3.05, 3.63) is 29.8 Å². The van der Waals surface area contributed by atoms with Gasteiger partial charge in [0.2, 0.25) is 5.91 Å². The first-order valence-corrected chi connectivity index (χ1v) is 8.27. The minimum atomic E-state index is -0.879. The van der Waals surface area contributed by atoms with E-state index in [1.54, 1.807) is 7.11 Å². The number of hydrogen-bond acceptors (Lipinski definition) is 3. The molecular weight excluding hydrogens is 294 g/mol. The Bertz CT molecular complexity index is 526. The van der Waals surface area contributed by atoms with Crippen LogP contribution < -0.4 is 4.74 Å². The summed E-state index contributed by atoms with van der Waals surface area (Å²) in [4.78, 5) is 24.7. The van der Waals surface area contributed by atoms with Crippen molar-refractivity contribution in [1.82, 2.24) is 4.90 Å². The molecule has 1 N–H and O–H groups in total. The van der Waals surface area contributed by atoms with Gasteiger partial charge in [-0.3, -0.25) is 4.79 Å². The molecule has 1 aromatic carbocycles. The van der Waals surface area contributed by atoms with Crippen molar-refractivity contribution >= 4 is 11.9 Å². The minimum Gasteiger partial charge on any atom is -0.497 e. The number of carbonyl (C=O) groups is 2. The van der Waals surface area contributed by atoms with E-state index in [-0.39, 0.29) is 5.91 Å². The first-order chi connectivity index (χ1) is 11.1. The normalized spacial score (nSPS) is 17.3. The Labute approximate surface area is 137 Å². The summed E-state index contributed by atoms with van der Waals surface area (Å²) in [6.45, 7) is 0.585. The lowest BCUT2D eigenvalue weighted by molar-refractivity contribution is -0.148. The lowest BCUT2D eigenvalue weighted by Crippen LogP contribution is -2.40. The van der Waals surface area contributed by atoms with E-state index in [4.69, 9.17) is 9.84 Å². The van der Waals surface area contributed by atoms with E-state index in [2.05, 4.69) is 12.1 Å². The van der Waals surface area contributed by atoms with Crippen molar-refractivity contribution in [1.29, 1.82) is 0 Å². The van der Waals surface area contributed by atoms with E-state index in [1.165, 1.54) is 10.5 Å². The molecular formula is C18H25NO4. The summed E-state index contributed by atoms with van der Waals surface area (Å²) in [5, 5.41) is 9.10. The highest BCUT2D eigenvalue weighted by Crippen LogP contribution is 2.20. The van der Waals surface area contributed by atoms with Crippen molar-refractivity contribution in [3.8, 4) is 5.75 Å². The molecule has 1 amide bonds. The van der Waals surface area contributed by atoms with Crippen LogP contribution in [0.3, 0.4) is 0 Å². The molecule has 1 aliphatic heterocycles. The standard InChI is InChI=1S/C18H25NO4/c1-23-15-11-9-14(10-12-15)6-3-2-4-8-17(20)19-13-5-7-16(19)18(21)22/h9-12,16H,2-8,13H2,1H3,(H,21,22)/t16-/m1/s1. The van der Waals surface area contributed by atoms with Crippen LogP contribution in [0.2, 0.25) is 0 Å². The van der Waals surface area contributed by atoms with Gasteiger partial charge in [0.15, 0.2) is 0 Å². The molecule has 0 unspecified atom stereocenters. The zero-order valence-electron chi connectivity index (χ0n) is 13.7. The average Bonchev–Trinajstić information content (AvgIpc) is 3.05. The van der Waals surface area contributed by atoms with Crippen molar-refractivity contribution in [2.45, 2.75) is 51.0 Å². The number of carboxylic acids is 1. The number of hydrogen-bond donors (Lipinski definition) is 1. The van der Waals surface area contributed by atoms with Gasteiger partial charge in [-0.2, -0.15) is 0 Å². The molecule has 1 aromatic rings. The number of rotatable bonds is 8. The number of amides is 1. The first kappa shape index (κ1) is 17.3. The smallest absolute Gasteiger partial charge is 0.326 e. The Kier molecular flexibility index (Phi) is 6.44. The summed E-state index contributed by atoms with van der Waals surface area (Å²) >= 11 is 0. The third kappa shape index (κ3) is 4.98. The Hall–Kier alpha value is -2.04. The number of carbonyl (C=O) groups excluding carboxylic acids is 1. The van der Waals surface area contributed by atoms with Crippen LogP contribution in [0.1, 0.15) is 44.1 Å². The van der Waals surface area contributed by atoms with E-state index in [1.807, 2.05) is 12.1 Å². The molecule has 0 spiro atoms. The van der Waals surface area contributed by atoms with E-state index >= 15 is 0 Å². The van der Waals surface area contributed by atoms with Gasteiger partial charge >= 0.3 is 5.97 Å². The molecule has 0 saturated carbocycles. The van der Waals surface area contributed by atoms with Gasteiger partial charge in [-0.25, -0.2) is 4.79 Å². The minimum absolute atomic E-state index is 0.0145. The summed E-state index contributed by atoms with van der Waals surface area (Å²) in [6.07, 6.45) is 5.63. The average molecular weight is 319 g/mol. The maximum atomic E-state index is 12.1. The maximum absolute atomic E-state index is 12.1. The summed E-state index contributed by atoms with van der Waals surface area (Å²) in [5.41, 5.74) is 1.27. The zero-order chi connectivity index (χ0) is 16.7. The maximum Gasteiger partial charge on any atom is 0.326 e. The predicted molar refractivity (Wildman–Crippen MR) is 87.5 cm³/mol. The van der Waals surface area contributed by atoms with Crippen LogP contribution in [-0.4, -0.2) is 41.6 Å². The summed E-state index contributed by atoms with van der Waals surface area (Å²) < 4.78 is 5.13. The SMILES string of the molecule is COc1ccc(CCCCCC(=O)N2CCC[C@@H]2C(=O)O)cc1. The van der Waals surface area contributed by atoms with Gasteiger partial charge < -0.3 is 14.7 Å². The van der Waals surface area contributed by atoms with Gasteiger partial charge in [-0.05, 0) is 49.8 Å². The predicted octanol–water partition coefficient (Wildman–Crippen LogP) is 2.87. The highest BCUT2D eigenvalue weighted by atomic mass is 16.5. The van der Waals surface area contributed by atoms with Crippen molar-refractivity contribution in [2.75, 3.05) is 13.7 Å². The fourth-order valence-electron chi connectivity index (χ4n) is 3.04. The molecule has 2 rings (SSSR count). The number of likely N-dealkylation sites (tertiary alicyclic amines) is 1. The van der Waals surface area contributed by atoms with Gasteiger partial charge in [0.05, 0.1) is 7.11 Å². The number of aliphatic carboxylic acids is 1. The van der Waals surface area contributed by atoms with Crippen LogP contribution in [0.25, 0.3) is 0 Å². The molecule has 5 heteroatoms. The quantitative estimate of drug-likeness (QED) is 0.748. The third-order valence-corrected chi connectivity index (χ3v) is 4.37. The van der Waals surface area contributed by atoms with Crippen LogP contribution in [0.4, 0.5) is 0 Å².